The minimum atomic E-state index is -0.112. The molecule has 0 spiro atoms. The minimum Gasteiger partial charge on any atom is -0.497 e. The molecule has 11 nitrogen and oxygen atoms in total. The van der Waals surface area contributed by atoms with Crippen molar-refractivity contribution in [2.75, 3.05) is 62.6 Å². The second-order valence-corrected chi connectivity index (χ2v) is 8.39. The first-order chi connectivity index (χ1) is 18.6. The van der Waals surface area contributed by atoms with E-state index < -0.39 is 0 Å². The van der Waals surface area contributed by atoms with E-state index in [1.165, 1.54) is 0 Å². The van der Waals surface area contributed by atoms with Crippen LogP contribution in [0.25, 0.3) is 0 Å². The molecule has 1 amide bonds. The monoisotopic (exact) mass is 523 g/mol. The van der Waals surface area contributed by atoms with E-state index >= 15 is 0 Å². The summed E-state index contributed by atoms with van der Waals surface area (Å²) in [6, 6.07) is 16.8. The number of carbonyl (C=O) groups is 1. The van der Waals surface area contributed by atoms with Gasteiger partial charge in [-0.3, -0.25) is 4.79 Å². The maximum Gasteiger partial charge on any atom is 0.251 e. The Bertz CT molecular complexity index is 1120. The van der Waals surface area contributed by atoms with Crippen LogP contribution in [0.5, 0.6) is 5.75 Å². The van der Waals surface area contributed by atoms with Crippen molar-refractivity contribution >= 4 is 29.4 Å². The third kappa shape index (κ3) is 10.2. The number of methoxy groups -OCH3 is 1. The minimum absolute atomic E-state index is 0.112. The maximum absolute atomic E-state index is 12.0. The number of nitrogens with zero attached hydrogens (tertiary/aromatic N) is 3. The van der Waals surface area contributed by atoms with E-state index in [0.717, 1.165) is 17.9 Å². The molecule has 0 saturated heterocycles. The Morgan fingerprint density at radius 2 is 1.58 bits per heavy atom. The summed E-state index contributed by atoms with van der Waals surface area (Å²) in [5.74, 6) is 1.95. The molecule has 0 aliphatic heterocycles. The Hall–Kier alpha value is -3.96. The molecular weight excluding hydrogens is 486 g/mol. The molecule has 1 aromatic heterocycles. The predicted molar refractivity (Wildman–Crippen MR) is 148 cm³/mol. The molecule has 1 heterocycles. The van der Waals surface area contributed by atoms with Gasteiger partial charge in [0.1, 0.15) is 5.75 Å². The van der Waals surface area contributed by atoms with Gasteiger partial charge in [0.05, 0.1) is 33.5 Å². The average Bonchev–Trinajstić information content (AvgIpc) is 2.94. The summed E-state index contributed by atoms with van der Waals surface area (Å²) >= 11 is 0. The van der Waals surface area contributed by atoms with Gasteiger partial charge in [0.25, 0.3) is 5.91 Å². The van der Waals surface area contributed by atoms with Crippen molar-refractivity contribution in [1.82, 2.24) is 20.3 Å². The molecule has 11 heteroatoms. The summed E-state index contributed by atoms with van der Waals surface area (Å²) in [5, 5.41) is 12.5. The van der Waals surface area contributed by atoms with Crippen LogP contribution >= 0.6 is 0 Å². The van der Waals surface area contributed by atoms with E-state index in [1.807, 2.05) is 42.5 Å². The van der Waals surface area contributed by atoms with E-state index in [1.54, 1.807) is 19.2 Å². The topological polar surface area (TPSA) is 132 Å². The van der Waals surface area contributed by atoms with E-state index in [0.29, 0.717) is 62.9 Å². The molecule has 0 fully saturated rings. The van der Waals surface area contributed by atoms with Gasteiger partial charge in [0.2, 0.25) is 17.8 Å². The van der Waals surface area contributed by atoms with Crippen molar-refractivity contribution in [2.45, 2.75) is 26.3 Å². The molecule has 0 aliphatic carbocycles. The molecule has 4 N–H and O–H groups in total. The summed E-state index contributed by atoms with van der Waals surface area (Å²) in [7, 11) is 1.62. The zero-order valence-electron chi connectivity index (χ0n) is 22.2. The summed E-state index contributed by atoms with van der Waals surface area (Å²) in [4.78, 5) is 25.4. The van der Waals surface area contributed by atoms with Crippen LogP contribution in [-0.4, -0.2) is 73.5 Å². The van der Waals surface area contributed by atoms with Crippen LogP contribution < -0.4 is 26.0 Å². The van der Waals surface area contributed by atoms with Crippen LogP contribution in [0, 0.1) is 0 Å². The number of ether oxygens (including phenoxy) is 3. The van der Waals surface area contributed by atoms with Crippen molar-refractivity contribution in [1.29, 1.82) is 0 Å². The second-order valence-electron chi connectivity index (χ2n) is 8.39. The van der Waals surface area contributed by atoms with E-state index in [9.17, 15) is 4.79 Å². The lowest BCUT2D eigenvalue weighted by Crippen LogP contribution is -2.27. The van der Waals surface area contributed by atoms with Crippen LogP contribution in [0.2, 0.25) is 0 Å². The number of benzene rings is 2. The number of carbonyl (C=O) groups excluding carboxylic acids is 1. The van der Waals surface area contributed by atoms with Gasteiger partial charge in [-0.15, -0.1) is 0 Å². The van der Waals surface area contributed by atoms with Gasteiger partial charge in [-0.1, -0.05) is 31.2 Å². The summed E-state index contributed by atoms with van der Waals surface area (Å²) in [6.45, 7) is 6.85. The molecule has 1 unspecified atom stereocenters. The number of amides is 1. The van der Waals surface area contributed by atoms with Gasteiger partial charge in [-0.05, 0) is 37.6 Å². The fourth-order valence-electron chi connectivity index (χ4n) is 3.21. The Kier molecular flexibility index (Phi) is 12.0. The molecule has 0 aliphatic rings. The Labute approximate surface area is 223 Å². The standard InChI is InChI=1S/C27H37N7O4/c1-4-20(2)30-26-32-25(33-27(34-26)31-22-11-8-12-23(19-22)36-3)29-14-16-38-18-17-37-15-13-28-24(35)21-9-6-5-7-10-21/h5-12,19-20H,4,13-18H2,1-3H3,(H,28,35)(H3,29,30,31,32,33,34). The average molecular weight is 524 g/mol. The third-order valence-corrected chi connectivity index (χ3v) is 5.42. The summed E-state index contributed by atoms with van der Waals surface area (Å²) < 4.78 is 16.4. The predicted octanol–water partition coefficient (Wildman–Crippen LogP) is 3.71. The molecule has 0 bridgehead atoms. The molecule has 0 saturated carbocycles. The normalized spacial score (nSPS) is 11.4. The molecule has 3 rings (SSSR count). The number of hydrogen-bond donors (Lipinski definition) is 4. The molecule has 3 aromatic rings. The number of aromatic nitrogens is 3. The lowest BCUT2D eigenvalue weighted by atomic mass is 10.2. The quantitative estimate of drug-likeness (QED) is 0.194. The van der Waals surface area contributed by atoms with Gasteiger partial charge < -0.3 is 35.5 Å². The second kappa shape index (κ2) is 16.0. The molecule has 38 heavy (non-hydrogen) atoms. The van der Waals surface area contributed by atoms with Crippen molar-refractivity contribution in [3.63, 3.8) is 0 Å². The summed E-state index contributed by atoms with van der Waals surface area (Å²) in [5.41, 5.74) is 1.44. The maximum atomic E-state index is 12.0. The zero-order valence-corrected chi connectivity index (χ0v) is 22.2. The SMILES string of the molecule is CCC(C)Nc1nc(NCCOCCOCCNC(=O)c2ccccc2)nc(Nc2cccc(OC)c2)n1. The molecule has 2 aromatic carbocycles. The first kappa shape index (κ1) is 28.6. The van der Waals surface area contributed by atoms with Crippen molar-refractivity contribution in [3.05, 3.63) is 60.2 Å². The fraction of sp³-hybridized carbons (Fsp3) is 0.407. The number of hydrogen-bond acceptors (Lipinski definition) is 10. The molecule has 1 atom stereocenters. The Balaban J connectivity index is 1.38. The van der Waals surface area contributed by atoms with Crippen LogP contribution in [0.15, 0.2) is 54.6 Å². The van der Waals surface area contributed by atoms with Crippen molar-refractivity contribution in [2.24, 2.45) is 0 Å². The van der Waals surface area contributed by atoms with Crippen LogP contribution in [-0.2, 0) is 9.47 Å². The zero-order chi connectivity index (χ0) is 27.0. The molecular formula is C27H37N7O4. The third-order valence-electron chi connectivity index (χ3n) is 5.42. The lowest BCUT2D eigenvalue weighted by molar-refractivity contribution is 0.0519. The summed E-state index contributed by atoms with van der Waals surface area (Å²) in [6.07, 6.45) is 0.933. The van der Waals surface area contributed by atoms with Gasteiger partial charge in [0.15, 0.2) is 0 Å². The van der Waals surface area contributed by atoms with E-state index in [-0.39, 0.29) is 11.9 Å². The molecule has 204 valence electrons. The first-order valence-corrected chi connectivity index (χ1v) is 12.7. The fourth-order valence-corrected chi connectivity index (χ4v) is 3.21. The highest BCUT2D eigenvalue weighted by Gasteiger charge is 2.09. The van der Waals surface area contributed by atoms with Crippen LogP contribution in [0.1, 0.15) is 30.6 Å². The highest BCUT2D eigenvalue weighted by atomic mass is 16.5. The lowest BCUT2D eigenvalue weighted by Gasteiger charge is -2.14. The van der Waals surface area contributed by atoms with Crippen molar-refractivity contribution < 1.29 is 19.0 Å². The highest BCUT2D eigenvalue weighted by Crippen LogP contribution is 2.21. The van der Waals surface area contributed by atoms with Gasteiger partial charge in [0, 0.05) is 36.4 Å². The Morgan fingerprint density at radius 3 is 2.32 bits per heavy atom. The van der Waals surface area contributed by atoms with Crippen molar-refractivity contribution in [3.8, 4) is 5.75 Å². The molecule has 0 radical (unpaired) electrons. The first-order valence-electron chi connectivity index (χ1n) is 12.7. The van der Waals surface area contributed by atoms with Gasteiger partial charge in [-0.2, -0.15) is 15.0 Å². The van der Waals surface area contributed by atoms with Crippen LogP contribution in [0.4, 0.5) is 23.5 Å². The van der Waals surface area contributed by atoms with Crippen LogP contribution in [0.3, 0.4) is 0 Å². The number of rotatable bonds is 17. The van der Waals surface area contributed by atoms with E-state index in [2.05, 4.69) is 50.1 Å². The Morgan fingerprint density at radius 1 is 0.868 bits per heavy atom. The number of nitrogens with one attached hydrogen (secondary N) is 4. The highest BCUT2D eigenvalue weighted by molar-refractivity contribution is 5.94. The largest absolute Gasteiger partial charge is 0.497 e. The van der Waals surface area contributed by atoms with Gasteiger partial charge in [-0.25, -0.2) is 0 Å². The van der Waals surface area contributed by atoms with Gasteiger partial charge >= 0.3 is 0 Å². The smallest absolute Gasteiger partial charge is 0.251 e. The number of anilines is 4. The van der Waals surface area contributed by atoms with E-state index in [4.69, 9.17) is 14.2 Å².